The Labute approximate surface area is 121 Å². The van der Waals surface area contributed by atoms with Crippen LogP contribution in [0.25, 0.3) is 0 Å². The Kier molecular flexibility index (Phi) is 5.68. The van der Waals surface area contributed by atoms with Gasteiger partial charge in [0.25, 0.3) is 0 Å². The number of nitrogens with one attached hydrogen (secondary N) is 1. The molecule has 1 heterocycles. The molecule has 0 aromatic heterocycles. The first kappa shape index (κ1) is 15.1. The van der Waals surface area contributed by atoms with Crippen LogP contribution in [0.4, 0.5) is 0 Å². The van der Waals surface area contributed by atoms with Crippen LogP contribution in [0.15, 0.2) is 18.2 Å². The minimum absolute atomic E-state index is 0.299. The van der Waals surface area contributed by atoms with Gasteiger partial charge < -0.3 is 19.5 Å². The van der Waals surface area contributed by atoms with E-state index in [9.17, 15) is 0 Å². The molecule has 1 N–H and O–H groups in total. The summed E-state index contributed by atoms with van der Waals surface area (Å²) in [5, 5.41) is 3.23. The molecule has 1 aliphatic heterocycles. The second-order valence-corrected chi connectivity index (χ2v) is 5.29. The van der Waals surface area contributed by atoms with Crippen molar-refractivity contribution in [2.75, 3.05) is 34.0 Å². The van der Waals surface area contributed by atoms with E-state index in [1.807, 2.05) is 19.2 Å². The zero-order valence-electron chi connectivity index (χ0n) is 12.6. The molecule has 2 rings (SSSR count). The third kappa shape index (κ3) is 3.87. The van der Waals surface area contributed by atoms with Crippen LogP contribution >= 0.6 is 0 Å². The maximum Gasteiger partial charge on any atom is 0.161 e. The number of rotatable bonds is 6. The number of hydrogen-bond donors (Lipinski definition) is 1. The first-order chi connectivity index (χ1) is 9.74. The van der Waals surface area contributed by atoms with Gasteiger partial charge in [0, 0.05) is 19.3 Å². The molecule has 1 aromatic rings. The standard InChI is InChI=1S/C16H25NO3/c1-12(17-2)14-4-5-15(16(10-14)18-3)20-11-13-6-8-19-9-7-13/h4-5,10,12-13,17H,6-9,11H2,1-3H3. The van der Waals surface area contributed by atoms with Gasteiger partial charge in [-0.15, -0.1) is 0 Å². The van der Waals surface area contributed by atoms with E-state index < -0.39 is 0 Å². The van der Waals surface area contributed by atoms with Gasteiger partial charge in [-0.05, 0) is 50.4 Å². The summed E-state index contributed by atoms with van der Waals surface area (Å²) in [5.41, 5.74) is 1.20. The lowest BCUT2D eigenvalue weighted by Gasteiger charge is -2.23. The van der Waals surface area contributed by atoms with Crippen LogP contribution in [0.5, 0.6) is 11.5 Å². The molecule has 1 atom stereocenters. The molecule has 0 aliphatic carbocycles. The Bertz CT molecular complexity index is 416. The predicted molar refractivity (Wildman–Crippen MR) is 79.5 cm³/mol. The molecule has 4 nitrogen and oxygen atoms in total. The second-order valence-electron chi connectivity index (χ2n) is 5.29. The van der Waals surface area contributed by atoms with Crippen molar-refractivity contribution in [2.24, 2.45) is 5.92 Å². The molecule has 1 aliphatic rings. The fourth-order valence-electron chi connectivity index (χ4n) is 2.36. The second kappa shape index (κ2) is 7.50. The molecule has 0 amide bonds. The van der Waals surface area contributed by atoms with Gasteiger partial charge in [-0.1, -0.05) is 6.07 Å². The summed E-state index contributed by atoms with van der Waals surface area (Å²) in [7, 11) is 3.64. The highest BCUT2D eigenvalue weighted by atomic mass is 16.5. The number of methoxy groups -OCH3 is 1. The van der Waals surface area contributed by atoms with Crippen LogP contribution in [0.1, 0.15) is 31.4 Å². The molecule has 1 aromatic carbocycles. The number of ether oxygens (including phenoxy) is 3. The van der Waals surface area contributed by atoms with Crippen molar-refractivity contribution in [3.05, 3.63) is 23.8 Å². The molecule has 0 saturated carbocycles. The lowest BCUT2D eigenvalue weighted by atomic mass is 10.0. The van der Waals surface area contributed by atoms with Gasteiger partial charge in [0.1, 0.15) is 0 Å². The zero-order chi connectivity index (χ0) is 14.4. The Balaban J connectivity index is 1.99. The Morgan fingerprint density at radius 1 is 1.30 bits per heavy atom. The fraction of sp³-hybridized carbons (Fsp3) is 0.625. The van der Waals surface area contributed by atoms with E-state index in [0.717, 1.165) is 44.2 Å². The van der Waals surface area contributed by atoms with E-state index in [1.54, 1.807) is 7.11 Å². The summed E-state index contributed by atoms with van der Waals surface area (Å²) in [4.78, 5) is 0. The number of benzene rings is 1. The molecule has 0 radical (unpaired) electrons. The summed E-state index contributed by atoms with van der Waals surface area (Å²) in [6.45, 7) is 4.56. The average Bonchev–Trinajstić information content (AvgIpc) is 2.53. The first-order valence-electron chi connectivity index (χ1n) is 7.30. The van der Waals surface area contributed by atoms with E-state index in [1.165, 1.54) is 5.56 Å². The van der Waals surface area contributed by atoms with Gasteiger partial charge >= 0.3 is 0 Å². The third-order valence-electron chi connectivity index (χ3n) is 3.94. The molecule has 20 heavy (non-hydrogen) atoms. The molecule has 0 spiro atoms. The van der Waals surface area contributed by atoms with Crippen molar-refractivity contribution in [1.29, 1.82) is 0 Å². The zero-order valence-corrected chi connectivity index (χ0v) is 12.6. The fourth-order valence-corrected chi connectivity index (χ4v) is 2.36. The normalized spacial score (nSPS) is 17.8. The van der Waals surface area contributed by atoms with Crippen LogP contribution in [-0.4, -0.2) is 34.0 Å². The topological polar surface area (TPSA) is 39.7 Å². The molecular weight excluding hydrogens is 254 g/mol. The van der Waals surface area contributed by atoms with Crippen LogP contribution in [-0.2, 0) is 4.74 Å². The van der Waals surface area contributed by atoms with E-state index in [2.05, 4.69) is 18.3 Å². The molecule has 1 saturated heterocycles. The maximum atomic E-state index is 5.93. The van der Waals surface area contributed by atoms with Crippen LogP contribution in [0.2, 0.25) is 0 Å². The maximum absolute atomic E-state index is 5.93. The van der Waals surface area contributed by atoms with Crippen LogP contribution in [0, 0.1) is 5.92 Å². The lowest BCUT2D eigenvalue weighted by molar-refractivity contribution is 0.0493. The quantitative estimate of drug-likeness (QED) is 0.869. The summed E-state index contributed by atoms with van der Waals surface area (Å²) in [6.07, 6.45) is 2.16. The highest BCUT2D eigenvalue weighted by molar-refractivity contribution is 5.43. The average molecular weight is 279 g/mol. The molecular formula is C16H25NO3. The van der Waals surface area contributed by atoms with Crippen molar-refractivity contribution in [1.82, 2.24) is 5.32 Å². The molecule has 4 heteroatoms. The van der Waals surface area contributed by atoms with Gasteiger partial charge in [0.15, 0.2) is 11.5 Å². The largest absolute Gasteiger partial charge is 0.493 e. The SMILES string of the molecule is CNC(C)c1ccc(OCC2CCOCC2)c(OC)c1. The smallest absolute Gasteiger partial charge is 0.161 e. The predicted octanol–water partition coefficient (Wildman–Crippen LogP) is 2.78. The van der Waals surface area contributed by atoms with Gasteiger partial charge in [-0.3, -0.25) is 0 Å². The Morgan fingerprint density at radius 2 is 2.05 bits per heavy atom. The number of hydrogen-bond acceptors (Lipinski definition) is 4. The van der Waals surface area contributed by atoms with Crippen LogP contribution in [0.3, 0.4) is 0 Å². The lowest BCUT2D eigenvalue weighted by Crippen LogP contribution is -2.21. The van der Waals surface area contributed by atoms with E-state index >= 15 is 0 Å². The van der Waals surface area contributed by atoms with E-state index in [-0.39, 0.29) is 0 Å². The molecule has 1 unspecified atom stereocenters. The minimum atomic E-state index is 0.299. The van der Waals surface area contributed by atoms with Crippen molar-refractivity contribution in [3.8, 4) is 11.5 Å². The molecule has 112 valence electrons. The Hall–Kier alpha value is -1.26. The van der Waals surface area contributed by atoms with Gasteiger partial charge in [0.2, 0.25) is 0 Å². The molecule has 1 fully saturated rings. The van der Waals surface area contributed by atoms with Crippen LogP contribution < -0.4 is 14.8 Å². The van der Waals surface area contributed by atoms with Crippen molar-refractivity contribution >= 4 is 0 Å². The van der Waals surface area contributed by atoms with Crippen molar-refractivity contribution < 1.29 is 14.2 Å². The molecule has 0 bridgehead atoms. The summed E-state index contributed by atoms with van der Waals surface area (Å²) >= 11 is 0. The monoisotopic (exact) mass is 279 g/mol. The minimum Gasteiger partial charge on any atom is -0.493 e. The summed E-state index contributed by atoms with van der Waals surface area (Å²) < 4.78 is 16.7. The van der Waals surface area contributed by atoms with E-state index in [0.29, 0.717) is 12.0 Å². The highest BCUT2D eigenvalue weighted by Gasteiger charge is 2.16. The third-order valence-corrected chi connectivity index (χ3v) is 3.94. The van der Waals surface area contributed by atoms with Crippen molar-refractivity contribution in [2.45, 2.75) is 25.8 Å². The van der Waals surface area contributed by atoms with Crippen molar-refractivity contribution in [3.63, 3.8) is 0 Å². The summed E-state index contributed by atoms with van der Waals surface area (Å²) in [6, 6.07) is 6.43. The highest BCUT2D eigenvalue weighted by Crippen LogP contribution is 2.31. The van der Waals surface area contributed by atoms with Gasteiger partial charge in [-0.25, -0.2) is 0 Å². The summed E-state index contributed by atoms with van der Waals surface area (Å²) in [5.74, 6) is 2.21. The van der Waals surface area contributed by atoms with E-state index in [4.69, 9.17) is 14.2 Å². The Morgan fingerprint density at radius 3 is 2.70 bits per heavy atom. The van der Waals surface area contributed by atoms with Gasteiger partial charge in [-0.2, -0.15) is 0 Å². The first-order valence-corrected chi connectivity index (χ1v) is 7.30. The van der Waals surface area contributed by atoms with Gasteiger partial charge in [0.05, 0.1) is 13.7 Å².